The number of benzene rings is 1. The number of carbonyl (C=O) groups excluding carboxylic acids is 3. The van der Waals surface area contributed by atoms with Gasteiger partial charge in [-0.1, -0.05) is 30.3 Å². The van der Waals surface area contributed by atoms with Crippen LogP contribution in [0.25, 0.3) is 0 Å². The zero-order chi connectivity index (χ0) is 24.3. The molecule has 10 nitrogen and oxygen atoms in total. The number of methoxy groups -OCH3 is 1. The molecule has 34 heavy (non-hydrogen) atoms. The summed E-state index contributed by atoms with van der Waals surface area (Å²) >= 11 is 0. The third kappa shape index (κ3) is 6.51. The number of amides is 2. The van der Waals surface area contributed by atoms with Crippen LogP contribution in [0.1, 0.15) is 18.0 Å². The molecule has 0 spiro atoms. The second-order valence-electron chi connectivity index (χ2n) is 7.49. The number of rotatable bonds is 12. The maximum absolute atomic E-state index is 13.3. The first kappa shape index (κ1) is 25.6. The van der Waals surface area contributed by atoms with E-state index < -0.39 is 36.0 Å². The van der Waals surface area contributed by atoms with Crippen LogP contribution >= 0.6 is 0 Å². The molecule has 3 atom stereocenters. The SMILES string of the molecule is CO[C@H](C(=O)N1C(=O)OC[C@@H]1c1ccccc1)[C@@H]1OC(=CCCOCCOCCO)C=CC1=O. The van der Waals surface area contributed by atoms with Gasteiger partial charge >= 0.3 is 6.09 Å². The molecule has 0 saturated carbocycles. The quantitative estimate of drug-likeness (QED) is 0.449. The van der Waals surface area contributed by atoms with E-state index in [1.54, 1.807) is 30.3 Å². The average molecular weight is 475 g/mol. The Hall–Kier alpha value is -3.05. The van der Waals surface area contributed by atoms with Crippen LogP contribution in [0, 0.1) is 0 Å². The summed E-state index contributed by atoms with van der Waals surface area (Å²) in [5, 5.41) is 8.65. The highest BCUT2D eigenvalue weighted by atomic mass is 16.6. The van der Waals surface area contributed by atoms with Crippen molar-refractivity contribution in [3.8, 4) is 0 Å². The fraction of sp³-hybridized carbons (Fsp3) is 0.458. The summed E-state index contributed by atoms with van der Waals surface area (Å²) in [6.07, 6.45) is 1.69. The van der Waals surface area contributed by atoms with Crippen molar-refractivity contribution in [2.24, 2.45) is 0 Å². The van der Waals surface area contributed by atoms with Crippen LogP contribution in [0.4, 0.5) is 4.79 Å². The van der Waals surface area contributed by atoms with E-state index in [-0.39, 0.29) is 19.8 Å². The number of imide groups is 1. The molecular weight excluding hydrogens is 446 g/mol. The first-order valence-electron chi connectivity index (χ1n) is 11.0. The number of ether oxygens (including phenoxy) is 5. The van der Waals surface area contributed by atoms with Crippen LogP contribution in [-0.2, 0) is 33.3 Å². The second-order valence-corrected chi connectivity index (χ2v) is 7.49. The number of hydrogen-bond donors (Lipinski definition) is 1. The molecule has 2 amide bonds. The van der Waals surface area contributed by atoms with Crippen LogP contribution in [0.5, 0.6) is 0 Å². The van der Waals surface area contributed by atoms with E-state index in [1.807, 2.05) is 6.07 Å². The second kappa shape index (κ2) is 13.0. The molecule has 0 bridgehead atoms. The Morgan fingerprint density at radius 3 is 2.59 bits per heavy atom. The maximum atomic E-state index is 13.3. The Morgan fingerprint density at radius 2 is 1.88 bits per heavy atom. The van der Waals surface area contributed by atoms with Gasteiger partial charge in [-0.3, -0.25) is 9.59 Å². The number of ketones is 1. The van der Waals surface area contributed by atoms with Crippen LogP contribution in [-0.4, -0.2) is 86.7 Å². The van der Waals surface area contributed by atoms with Crippen LogP contribution < -0.4 is 0 Å². The summed E-state index contributed by atoms with van der Waals surface area (Å²) in [6.45, 7) is 1.41. The van der Waals surface area contributed by atoms with E-state index in [1.165, 1.54) is 19.3 Å². The highest BCUT2D eigenvalue weighted by Gasteiger charge is 2.46. The molecule has 0 unspecified atom stereocenters. The number of carbonyl (C=O) groups is 3. The predicted molar refractivity (Wildman–Crippen MR) is 119 cm³/mol. The molecule has 1 fully saturated rings. The first-order chi connectivity index (χ1) is 16.6. The molecule has 0 radical (unpaired) electrons. The molecule has 184 valence electrons. The Kier molecular flexibility index (Phi) is 9.77. The lowest BCUT2D eigenvalue weighted by Crippen LogP contribution is -2.51. The van der Waals surface area contributed by atoms with Gasteiger partial charge in [-0.2, -0.15) is 0 Å². The van der Waals surface area contributed by atoms with Crippen molar-refractivity contribution >= 4 is 17.8 Å². The average Bonchev–Trinajstić information content (AvgIpc) is 3.24. The summed E-state index contributed by atoms with van der Waals surface area (Å²) in [6, 6.07) is 8.40. The summed E-state index contributed by atoms with van der Waals surface area (Å²) in [4.78, 5) is 39.2. The lowest BCUT2D eigenvalue weighted by atomic mass is 10.0. The Bertz CT molecular complexity index is 899. The summed E-state index contributed by atoms with van der Waals surface area (Å²) < 4.78 is 26.7. The number of aliphatic hydroxyl groups is 1. The van der Waals surface area contributed by atoms with Gasteiger partial charge < -0.3 is 28.8 Å². The molecule has 3 rings (SSSR count). The highest BCUT2D eigenvalue weighted by Crippen LogP contribution is 2.30. The highest BCUT2D eigenvalue weighted by molar-refractivity contribution is 6.03. The number of cyclic esters (lactones) is 1. The van der Waals surface area contributed by atoms with E-state index in [4.69, 9.17) is 28.8 Å². The minimum absolute atomic E-state index is 0.0145. The minimum atomic E-state index is -1.34. The monoisotopic (exact) mass is 475 g/mol. The normalized spacial score (nSPS) is 22.1. The molecule has 2 heterocycles. The third-order valence-corrected chi connectivity index (χ3v) is 5.24. The Balaban J connectivity index is 1.62. The van der Waals surface area contributed by atoms with Gasteiger partial charge in [0.25, 0.3) is 5.91 Å². The maximum Gasteiger partial charge on any atom is 0.417 e. The van der Waals surface area contributed by atoms with E-state index in [0.717, 1.165) is 10.5 Å². The number of nitrogens with zero attached hydrogens (tertiary/aromatic N) is 1. The van der Waals surface area contributed by atoms with Crippen molar-refractivity contribution < 1.29 is 43.2 Å². The number of hydrogen-bond acceptors (Lipinski definition) is 9. The molecule has 0 aromatic heterocycles. The van der Waals surface area contributed by atoms with Gasteiger partial charge in [-0.25, -0.2) is 9.69 Å². The van der Waals surface area contributed by atoms with Gasteiger partial charge in [0.1, 0.15) is 18.4 Å². The van der Waals surface area contributed by atoms with E-state index in [2.05, 4.69) is 0 Å². The molecule has 1 N–H and O–H groups in total. The zero-order valence-corrected chi connectivity index (χ0v) is 19.0. The van der Waals surface area contributed by atoms with Crippen molar-refractivity contribution in [1.82, 2.24) is 4.90 Å². The van der Waals surface area contributed by atoms with Crippen molar-refractivity contribution in [2.75, 3.05) is 46.8 Å². The van der Waals surface area contributed by atoms with E-state index in [9.17, 15) is 14.4 Å². The molecular formula is C24H29NO9. The van der Waals surface area contributed by atoms with Crippen molar-refractivity contribution in [1.29, 1.82) is 0 Å². The van der Waals surface area contributed by atoms with Crippen LogP contribution in [0.15, 0.2) is 54.3 Å². The van der Waals surface area contributed by atoms with Gasteiger partial charge in [0, 0.05) is 7.11 Å². The molecule has 1 aromatic carbocycles. The van der Waals surface area contributed by atoms with E-state index >= 15 is 0 Å². The van der Waals surface area contributed by atoms with Crippen molar-refractivity contribution in [3.05, 3.63) is 59.9 Å². The largest absolute Gasteiger partial charge is 0.479 e. The van der Waals surface area contributed by atoms with Gasteiger partial charge in [0.2, 0.25) is 0 Å². The zero-order valence-electron chi connectivity index (χ0n) is 19.0. The summed E-state index contributed by atoms with van der Waals surface area (Å²) in [5.41, 5.74) is 0.731. The minimum Gasteiger partial charge on any atom is -0.479 e. The third-order valence-electron chi connectivity index (χ3n) is 5.24. The first-order valence-corrected chi connectivity index (χ1v) is 11.0. The Morgan fingerprint density at radius 1 is 1.15 bits per heavy atom. The molecule has 1 saturated heterocycles. The van der Waals surface area contributed by atoms with Gasteiger partial charge in [0.05, 0.1) is 33.0 Å². The fourth-order valence-corrected chi connectivity index (χ4v) is 3.58. The molecule has 2 aliphatic rings. The Labute approximate surface area is 197 Å². The number of aliphatic hydroxyl groups excluding tert-OH is 1. The summed E-state index contributed by atoms with van der Waals surface area (Å²) in [5.74, 6) is -0.764. The summed E-state index contributed by atoms with van der Waals surface area (Å²) in [7, 11) is 1.28. The number of allylic oxidation sites excluding steroid dienone is 1. The topological polar surface area (TPSA) is 121 Å². The van der Waals surface area contributed by atoms with Gasteiger partial charge in [0.15, 0.2) is 18.0 Å². The molecule has 10 heteroatoms. The standard InChI is InChI=1S/C24H29NO9/c1-30-22(23(28)25-19(16-33-24(25)29)17-6-3-2-4-7-17)21-20(27)10-9-18(34-21)8-5-12-31-14-15-32-13-11-26/h2-4,6-10,19,21-22,26H,5,11-16H2,1H3/t19-,21-,22+/m1/s1. The molecule has 1 aromatic rings. The van der Waals surface area contributed by atoms with Crippen LogP contribution in [0.3, 0.4) is 0 Å². The van der Waals surface area contributed by atoms with E-state index in [0.29, 0.717) is 32.0 Å². The van der Waals surface area contributed by atoms with Crippen molar-refractivity contribution in [2.45, 2.75) is 24.7 Å². The molecule has 2 aliphatic heterocycles. The van der Waals surface area contributed by atoms with Gasteiger partial charge in [-0.05, 0) is 30.2 Å². The molecule has 0 aliphatic carbocycles. The van der Waals surface area contributed by atoms with Gasteiger partial charge in [-0.15, -0.1) is 0 Å². The predicted octanol–water partition coefficient (Wildman–Crippen LogP) is 1.55. The lowest BCUT2D eigenvalue weighted by Gasteiger charge is -2.30. The lowest BCUT2D eigenvalue weighted by molar-refractivity contribution is -0.153. The smallest absolute Gasteiger partial charge is 0.417 e. The van der Waals surface area contributed by atoms with Crippen molar-refractivity contribution in [3.63, 3.8) is 0 Å². The fourth-order valence-electron chi connectivity index (χ4n) is 3.58. The van der Waals surface area contributed by atoms with Crippen LogP contribution in [0.2, 0.25) is 0 Å².